The van der Waals surface area contributed by atoms with Crippen molar-refractivity contribution in [1.29, 1.82) is 0 Å². The monoisotopic (exact) mass is 464 g/mol. The Hall–Kier alpha value is -2.14. The molecule has 2 saturated carbocycles. The minimum Gasteiger partial charge on any atom is -0.490 e. The van der Waals surface area contributed by atoms with Crippen molar-refractivity contribution in [2.75, 3.05) is 20.2 Å². The van der Waals surface area contributed by atoms with E-state index in [-0.39, 0.29) is 11.9 Å². The van der Waals surface area contributed by atoms with E-state index in [0.29, 0.717) is 17.9 Å². The van der Waals surface area contributed by atoms with Crippen molar-refractivity contribution in [2.24, 2.45) is 23.7 Å². The normalized spacial score (nSPS) is 28.4. The lowest BCUT2D eigenvalue weighted by Gasteiger charge is -2.45. The van der Waals surface area contributed by atoms with Crippen LogP contribution in [0.2, 0.25) is 0 Å². The second-order valence-corrected chi connectivity index (χ2v) is 10.9. The first-order valence-corrected chi connectivity index (χ1v) is 13.5. The molecule has 34 heavy (non-hydrogen) atoms. The number of methoxy groups -OCH3 is 1. The minimum atomic E-state index is -0.0151. The Bertz CT molecular complexity index is 978. The van der Waals surface area contributed by atoms with Gasteiger partial charge in [0.05, 0.1) is 30.3 Å². The summed E-state index contributed by atoms with van der Waals surface area (Å²) in [6, 6.07) is 10.7. The van der Waals surface area contributed by atoms with Gasteiger partial charge in [0.25, 0.3) is 0 Å². The van der Waals surface area contributed by atoms with Crippen LogP contribution in [-0.4, -0.2) is 42.2 Å². The molecule has 1 aromatic heterocycles. The molecule has 5 heteroatoms. The average molecular weight is 465 g/mol. The van der Waals surface area contributed by atoms with Crippen molar-refractivity contribution < 1.29 is 14.3 Å². The molecule has 0 bridgehead atoms. The molecule has 0 radical (unpaired) electrons. The molecule has 2 aliphatic carbocycles. The van der Waals surface area contributed by atoms with Gasteiger partial charge in [0.1, 0.15) is 5.75 Å². The number of carbonyl (C=O) groups excluding carboxylic acids is 1. The van der Waals surface area contributed by atoms with E-state index in [9.17, 15) is 4.79 Å². The molecule has 2 unspecified atom stereocenters. The first-order chi connectivity index (χ1) is 16.6. The molecule has 0 amide bonds. The van der Waals surface area contributed by atoms with E-state index < -0.39 is 0 Å². The van der Waals surface area contributed by atoms with Gasteiger partial charge in [-0.15, -0.1) is 0 Å². The Morgan fingerprint density at radius 1 is 1.03 bits per heavy atom. The highest BCUT2D eigenvalue weighted by Gasteiger charge is 2.38. The fourth-order valence-corrected chi connectivity index (χ4v) is 6.46. The Labute approximate surface area is 204 Å². The van der Waals surface area contributed by atoms with E-state index in [4.69, 9.17) is 14.5 Å². The van der Waals surface area contributed by atoms with Crippen molar-refractivity contribution in [3.63, 3.8) is 0 Å². The number of hydrogen-bond donors (Lipinski definition) is 0. The van der Waals surface area contributed by atoms with Crippen LogP contribution >= 0.6 is 0 Å². The van der Waals surface area contributed by atoms with Gasteiger partial charge in [0.15, 0.2) is 0 Å². The van der Waals surface area contributed by atoms with E-state index >= 15 is 0 Å². The Kier molecular flexibility index (Phi) is 7.38. The van der Waals surface area contributed by atoms with Crippen LogP contribution < -0.4 is 4.74 Å². The lowest BCUT2D eigenvalue weighted by atomic mass is 9.72. The summed E-state index contributed by atoms with van der Waals surface area (Å²) in [6.45, 7) is 5.43. The smallest absolute Gasteiger partial charge is 0.308 e. The van der Waals surface area contributed by atoms with E-state index in [1.807, 2.05) is 0 Å². The summed E-state index contributed by atoms with van der Waals surface area (Å²) in [4.78, 5) is 19.4. The summed E-state index contributed by atoms with van der Waals surface area (Å²) in [5, 5.41) is 1.15. The van der Waals surface area contributed by atoms with Gasteiger partial charge in [-0.3, -0.25) is 14.7 Å². The number of aromatic nitrogens is 1. The number of ether oxygens (including phenoxy) is 2. The lowest BCUT2D eigenvalue weighted by Crippen LogP contribution is -2.50. The maximum atomic E-state index is 11.9. The first-order valence-electron chi connectivity index (χ1n) is 13.5. The summed E-state index contributed by atoms with van der Waals surface area (Å²) in [7, 11) is 1.51. The second-order valence-electron chi connectivity index (χ2n) is 10.9. The molecule has 3 aliphatic rings. The van der Waals surface area contributed by atoms with Crippen LogP contribution in [0.25, 0.3) is 10.9 Å². The number of nitrogens with zero attached hydrogens (tertiary/aromatic N) is 2. The maximum absolute atomic E-state index is 11.9. The number of fused-ring (bicyclic) bond motifs is 1. The second kappa shape index (κ2) is 10.6. The summed E-state index contributed by atoms with van der Waals surface area (Å²) < 4.78 is 11.3. The van der Waals surface area contributed by atoms with Crippen molar-refractivity contribution in [3.05, 3.63) is 36.0 Å². The molecule has 2 aromatic rings. The standard InChI is InChI=1S/C29H40N2O3/c1-3-20-7-11-26(12-8-20)34-27-13-14-28-22(16-27)9-10-25(30-28)19-31-17-24(18-31)21-5-4-6-23(15-21)29(32)33-2/h9-10,13-14,16,20-21,23-24,26H,3-8,11-12,15,17-19H2,1-2H3/t20-,21?,23?,26+. The Morgan fingerprint density at radius 3 is 2.62 bits per heavy atom. The molecule has 0 spiro atoms. The van der Waals surface area contributed by atoms with Crippen molar-refractivity contribution in [2.45, 2.75) is 77.4 Å². The van der Waals surface area contributed by atoms with E-state index in [1.54, 1.807) is 0 Å². The van der Waals surface area contributed by atoms with Crippen LogP contribution in [0.5, 0.6) is 5.75 Å². The largest absolute Gasteiger partial charge is 0.490 e. The molecule has 5 nitrogen and oxygen atoms in total. The van der Waals surface area contributed by atoms with Gasteiger partial charge >= 0.3 is 5.97 Å². The van der Waals surface area contributed by atoms with Crippen LogP contribution in [-0.2, 0) is 16.1 Å². The highest BCUT2D eigenvalue weighted by atomic mass is 16.5. The molecule has 184 valence electrons. The first kappa shape index (κ1) is 23.6. The lowest BCUT2D eigenvalue weighted by molar-refractivity contribution is -0.147. The van der Waals surface area contributed by atoms with Crippen LogP contribution in [0.1, 0.15) is 70.4 Å². The topological polar surface area (TPSA) is 51.7 Å². The minimum absolute atomic E-state index is 0.0151. The molecular weight excluding hydrogens is 424 g/mol. The molecule has 3 fully saturated rings. The van der Waals surface area contributed by atoms with Gasteiger partial charge < -0.3 is 9.47 Å². The fourth-order valence-electron chi connectivity index (χ4n) is 6.46. The maximum Gasteiger partial charge on any atom is 0.308 e. The third-order valence-corrected chi connectivity index (χ3v) is 8.68. The zero-order valence-electron chi connectivity index (χ0n) is 20.9. The van der Waals surface area contributed by atoms with Gasteiger partial charge in [0, 0.05) is 25.0 Å². The molecule has 5 rings (SSSR count). The van der Waals surface area contributed by atoms with Gasteiger partial charge in [-0.2, -0.15) is 0 Å². The zero-order chi connectivity index (χ0) is 23.5. The number of benzene rings is 1. The van der Waals surface area contributed by atoms with E-state index in [0.717, 1.165) is 67.2 Å². The van der Waals surface area contributed by atoms with Gasteiger partial charge in [-0.05, 0) is 80.5 Å². The Morgan fingerprint density at radius 2 is 1.85 bits per heavy atom. The molecule has 0 N–H and O–H groups in total. The summed E-state index contributed by atoms with van der Waals surface area (Å²) in [5.41, 5.74) is 2.18. The summed E-state index contributed by atoms with van der Waals surface area (Å²) in [6.07, 6.45) is 11.0. The van der Waals surface area contributed by atoms with Crippen LogP contribution in [0.3, 0.4) is 0 Å². The molecule has 1 saturated heterocycles. The highest BCUT2D eigenvalue weighted by Crippen LogP contribution is 2.38. The third-order valence-electron chi connectivity index (χ3n) is 8.68. The number of hydrogen-bond acceptors (Lipinski definition) is 5. The summed E-state index contributed by atoms with van der Waals surface area (Å²) >= 11 is 0. The number of rotatable bonds is 7. The number of pyridine rings is 1. The molecule has 2 heterocycles. The summed E-state index contributed by atoms with van der Waals surface area (Å²) in [5.74, 6) is 3.33. The zero-order valence-corrected chi connectivity index (χ0v) is 20.9. The number of likely N-dealkylation sites (tertiary alicyclic amines) is 1. The average Bonchev–Trinajstić information content (AvgIpc) is 2.86. The van der Waals surface area contributed by atoms with Crippen molar-refractivity contribution in [1.82, 2.24) is 9.88 Å². The highest BCUT2D eigenvalue weighted by molar-refractivity contribution is 5.80. The number of carbonyl (C=O) groups is 1. The van der Waals surface area contributed by atoms with Gasteiger partial charge in [-0.25, -0.2) is 0 Å². The fraction of sp³-hybridized carbons (Fsp3) is 0.655. The van der Waals surface area contributed by atoms with Crippen LogP contribution in [0, 0.1) is 23.7 Å². The predicted molar refractivity (Wildman–Crippen MR) is 135 cm³/mol. The quantitative estimate of drug-likeness (QED) is 0.471. The third kappa shape index (κ3) is 5.40. The van der Waals surface area contributed by atoms with Crippen LogP contribution in [0.15, 0.2) is 30.3 Å². The van der Waals surface area contributed by atoms with Crippen molar-refractivity contribution in [3.8, 4) is 5.75 Å². The SMILES string of the molecule is CC[C@H]1CC[C@@H](Oc2ccc3nc(CN4CC(C5CCCC(C(=O)OC)C5)C4)ccc3c2)CC1. The van der Waals surface area contributed by atoms with E-state index in [1.165, 1.54) is 45.6 Å². The van der Waals surface area contributed by atoms with Gasteiger partial charge in [-0.1, -0.05) is 32.3 Å². The molecule has 1 aromatic carbocycles. The number of esters is 1. The van der Waals surface area contributed by atoms with E-state index in [2.05, 4.69) is 42.2 Å². The molecule has 2 atom stereocenters. The van der Waals surface area contributed by atoms with Crippen LogP contribution in [0.4, 0.5) is 0 Å². The molecule has 1 aliphatic heterocycles. The Balaban J connectivity index is 1.12. The predicted octanol–water partition coefficient (Wildman–Crippen LogP) is 5.99. The molecular formula is C29H40N2O3. The van der Waals surface area contributed by atoms with Gasteiger partial charge in [0.2, 0.25) is 0 Å². The van der Waals surface area contributed by atoms with Crippen molar-refractivity contribution >= 4 is 16.9 Å².